The van der Waals surface area contributed by atoms with Crippen molar-refractivity contribution in [1.82, 2.24) is 4.90 Å². The average molecular weight is 753 g/mol. The first-order chi connectivity index (χ1) is 14.7. The van der Waals surface area contributed by atoms with E-state index in [9.17, 15) is 13.6 Å². The van der Waals surface area contributed by atoms with E-state index in [2.05, 4.69) is 29.5 Å². The van der Waals surface area contributed by atoms with Gasteiger partial charge in [0.05, 0.1) is 6.54 Å². The molecule has 2 atom stereocenters. The molecular formula is C23H23ClF3IN2OOs+2. The van der Waals surface area contributed by atoms with Gasteiger partial charge in [-0.2, -0.15) is 0 Å². The van der Waals surface area contributed by atoms with Crippen LogP contribution in [0.3, 0.4) is 0 Å². The summed E-state index contributed by atoms with van der Waals surface area (Å²) < 4.78 is 44.5. The van der Waals surface area contributed by atoms with Crippen LogP contribution in [0.4, 0.5) is 13.2 Å². The molecule has 9 heteroatoms. The van der Waals surface area contributed by atoms with E-state index in [1.54, 1.807) is 36.4 Å². The Morgan fingerprint density at radius 1 is 1.25 bits per heavy atom. The number of amides is 1. The molecule has 1 saturated carbocycles. The molecule has 0 unspecified atom stereocenters. The third-order valence-electron chi connectivity index (χ3n) is 5.47. The largest absolute Gasteiger partial charge is 4.00 e. The van der Waals surface area contributed by atoms with Gasteiger partial charge in [0.1, 0.15) is 5.82 Å². The molecule has 1 heterocycles. The van der Waals surface area contributed by atoms with Gasteiger partial charge >= 0.3 is 19.8 Å². The van der Waals surface area contributed by atoms with E-state index >= 15 is 4.39 Å². The summed E-state index contributed by atoms with van der Waals surface area (Å²) in [5.41, 5.74) is 9.06. The summed E-state index contributed by atoms with van der Waals surface area (Å²) in [6, 6.07) is 8.67. The number of likely N-dealkylation sites (tertiary alicyclic amines) is 1. The molecule has 1 saturated heterocycles. The van der Waals surface area contributed by atoms with Gasteiger partial charge in [0.25, 0.3) is 5.92 Å². The van der Waals surface area contributed by atoms with E-state index in [-0.39, 0.29) is 43.6 Å². The average Bonchev–Trinajstić information content (AvgIpc) is 3.53. The SMILES string of the molecule is [CH2-]CI.[NH-][C@@H]1[C@H](Cc2cccc(-c3cccc(Cl)c3)c2F)N(C(=O)C2CC2)CC1(F)F.[Os+4]. The second-order valence-corrected chi connectivity index (χ2v) is 9.24. The van der Waals surface area contributed by atoms with Crippen LogP contribution in [0.2, 0.25) is 5.02 Å². The van der Waals surface area contributed by atoms with Crippen molar-refractivity contribution in [2.75, 3.05) is 11.0 Å². The number of nitrogens with one attached hydrogen (secondary N) is 1. The van der Waals surface area contributed by atoms with Gasteiger partial charge in [-0.1, -0.05) is 41.9 Å². The van der Waals surface area contributed by atoms with E-state index in [0.717, 1.165) is 9.33 Å². The third-order valence-corrected chi connectivity index (χ3v) is 5.71. The van der Waals surface area contributed by atoms with Crippen molar-refractivity contribution in [3.05, 3.63) is 71.5 Å². The van der Waals surface area contributed by atoms with Crippen LogP contribution in [0.1, 0.15) is 18.4 Å². The van der Waals surface area contributed by atoms with Crippen LogP contribution in [0, 0.1) is 18.7 Å². The molecule has 1 N–H and O–H groups in total. The second kappa shape index (κ2) is 11.6. The minimum Gasteiger partial charge on any atom is -0.668 e. The Hall–Kier alpha value is -0.684. The number of halogens is 5. The van der Waals surface area contributed by atoms with Crippen LogP contribution < -0.4 is 0 Å². The molecule has 0 spiro atoms. The Morgan fingerprint density at radius 3 is 2.47 bits per heavy atom. The molecule has 4 rings (SSSR count). The van der Waals surface area contributed by atoms with E-state index in [1.807, 2.05) is 0 Å². The number of hydrogen-bond donors (Lipinski definition) is 0. The van der Waals surface area contributed by atoms with Crippen molar-refractivity contribution < 1.29 is 37.8 Å². The van der Waals surface area contributed by atoms with Crippen molar-refractivity contribution in [3.63, 3.8) is 0 Å². The predicted molar refractivity (Wildman–Crippen MR) is 126 cm³/mol. The number of rotatable bonds is 4. The Labute approximate surface area is 218 Å². The Kier molecular flexibility index (Phi) is 10.0. The van der Waals surface area contributed by atoms with Crippen LogP contribution in [-0.4, -0.2) is 39.8 Å². The zero-order valence-electron chi connectivity index (χ0n) is 17.1. The minimum atomic E-state index is -3.30. The number of alkyl halides is 3. The van der Waals surface area contributed by atoms with E-state index < -0.39 is 30.4 Å². The zero-order chi connectivity index (χ0) is 22.8. The molecule has 32 heavy (non-hydrogen) atoms. The van der Waals surface area contributed by atoms with Crippen molar-refractivity contribution >= 4 is 40.1 Å². The topological polar surface area (TPSA) is 44.1 Å². The van der Waals surface area contributed by atoms with Gasteiger partial charge in [-0.05, 0) is 48.6 Å². The van der Waals surface area contributed by atoms with Crippen LogP contribution in [-0.2, 0) is 31.0 Å². The van der Waals surface area contributed by atoms with Gasteiger partial charge in [-0.15, -0.1) is 27.0 Å². The van der Waals surface area contributed by atoms with Gasteiger partial charge in [0.2, 0.25) is 5.91 Å². The van der Waals surface area contributed by atoms with Crippen molar-refractivity contribution in [2.24, 2.45) is 5.92 Å². The summed E-state index contributed by atoms with van der Waals surface area (Å²) >= 11 is 8.17. The molecule has 2 fully saturated rings. The normalized spacial score (nSPS) is 21.4. The molecule has 0 radical (unpaired) electrons. The summed E-state index contributed by atoms with van der Waals surface area (Å²) in [6.45, 7) is 2.71. The first-order valence-corrected chi connectivity index (χ1v) is 11.9. The quantitative estimate of drug-likeness (QED) is 0.197. The Balaban J connectivity index is 0.000000860. The van der Waals surface area contributed by atoms with Gasteiger partial charge < -0.3 is 17.6 Å². The summed E-state index contributed by atoms with van der Waals surface area (Å²) in [7, 11) is 0. The van der Waals surface area contributed by atoms with Crippen LogP contribution in [0.25, 0.3) is 16.9 Å². The zero-order valence-corrected chi connectivity index (χ0v) is 22.6. The van der Waals surface area contributed by atoms with Crippen molar-refractivity contribution in [3.8, 4) is 11.1 Å². The molecule has 2 aromatic carbocycles. The molecule has 172 valence electrons. The monoisotopic (exact) mass is 754 g/mol. The fraction of sp³-hybridized carbons (Fsp3) is 0.391. The summed E-state index contributed by atoms with van der Waals surface area (Å²) in [6.07, 6.45) is 1.26. The van der Waals surface area contributed by atoms with Crippen molar-refractivity contribution in [2.45, 2.75) is 37.3 Å². The smallest absolute Gasteiger partial charge is 0.668 e. The number of nitrogens with zero attached hydrogens (tertiary/aromatic N) is 1. The van der Waals surface area contributed by atoms with Crippen LogP contribution in [0.15, 0.2) is 42.5 Å². The molecule has 0 aromatic heterocycles. The maximum atomic E-state index is 15.2. The maximum Gasteiger partial charge on any atom is 4.00 e. The Morgan fingerprint density at radius 2 is 1.88 bits per heavy atom. The minimum absolute atomic E-state index is 0. The summed E-state index contributed by atoms with van der Waals surface area (Å²) in [5.74, 6) is -4.40. The van der Waals surface area contributed by atoms with Gasteiger partial charge in [-0.3, -0.25) is 4.79 Å². The van der Waals surface area contributed by atoms with Gasteiger partial charge in [0, 0.05) is 22.5 Å². The number of carbonyl (C=O) groups excluding carboxylic acids is 1. The molecule has 1 aliphatic heterocycles. The first-order valence-electron chi connectivity index (χ1n) is 9.97. The number of hydrogen-bond acceptors (Lipinski definition) is 1. The third kappa shape index (κ3) is 6.25. The number of benzene rings is 2. The van der Waals surface area contributed by atoms with Gasteiger partial charge in [-0.25, -0.2) is 13.2 Å². The van der Waals surface area contributed by atoms with E-state index in [4.69, 9.17) is 17.3 Å². The van der Waals surface area contributed by atoms with Gasteiger partial charge in [0.15, 0.2) is 0 Å². The van der Waals surface area contributed by atoms with Crippen LogP contribution >= 0.6 is 34.2 Å². The molecule has 2 aliphatic rings. The molecule has 3 nitrogen and oxygen atoms in total. The van der Waals surface area contributed by atoms with E-state index in [1.165, 1.54) is 6.07 Å². The fourth-order valence-corrected chi connectivity index (χ4v) is 3.97. The maximum absolute atomic E-state index is 15.2. The molecule has 1 amide bonds. The molecule has 0 bridgehead atoms. The standard InChI is InChI=1S/C21H19ClF3N2O.C2H4I.Os/c22-15-5-1-3-13(9-15)16-6-2-4-14(18(16)23)10-17-19(26)21(24,25)11-27(17)20(28)12-7-8-12;1-2-3;/h1-6,9,12,17,19,26H,7-8,10-11H2;1-2H2;/q2*-1;+4/t17-,19+;;/m0../s1. The second-order valence-electron chi connectivity index (χ2n) is 7.73. The molecule has 2 aromatic rings. The predicted octanol–water partition coefficient (Wildman–Crippen LogP) is 6.62. The first kappa shape index (κ1) is 27.6. The van der Waals surface area contributed by atoms with Crippen molar-refractivity contribution in [1.29, 1.82) is 0 Å². The summed E-state index contributed by atoms with van der Waals surface area (Å²) in [4.78, 5) is 13.6. The van der Waals surface area contributed by atoms with Crippen LogP contribution in [0.5, 0.6) is 0 Å². The molecular weight excluding hydrogens is 730 g/mol. The Bertz CT molecular complexity index is 945. The van der Waals surface area contributed by atoms with E-state index in [0.29, 0.717) is 29.0 Å². The fourth-order valence-electron chi connectivity index (χ4n) is 3.78. The number of carbonyl (C=O) groups is 1. The molecule has 1 aliphatic carbocycles. The summed E-state index contributed by atoms with van der Waals surface area (Å²) in [5, 5.41) is 0.463.